The van der Waals surface area contributed by atoms with Crippen molar-refractivity contribution in [1.29, 1.82) is 5.26 Å². The molecule has 8 heteroatoms. The van der Waals surface area contributed by atoms with Crippen molar-refractivity contribution >= 4 is 5.78 Å². The zero-order valence-corrected chi connectivity index (χ0v) is 20.3. The van der Waals surface area contributed by atoms with Crippen molar-refractivity contribution in [2.24, 2.45) is 0 Å². The molecule has 0 fully saturated rings. The van der Waals surface area contributed by atoms with Gasteiger partial charge in [0.1, 0.15) is 17.4 Å². The number of hydrogen-bond donors (Lipinski definition) is 1. The van der Waals surface area contributed by atoms with Gasteiger partial charge in [-0.3, -0.25) is 14.2 Å². The monoisotopic (exact) mass is 476 g/mol. The predicted molar refractivity (Wildman–Crippen MR) is 131 cm³/mol. The maximum atomic E-state index is 13.0. The van der Waals surface area contributed by atoms with Gasteiger partial charge in [-0.25, -0.2) is 0 Å². The Balaban J connectivity index is 1.88. The van der Waals surface area contributed by atoms with Gasteiger partial charge in [0.05, 0.1) is 19.8 Å². The number of ether oxygens (including phenoxy) is 3. The van der Waals surface area contributed by atoms with E-state index in [-0.39, 0.29) is 29.8 Å². The number of ketones is 1. The van der Waals surface area contributed by atoms with Gasteiger partial charge in [0.15, 0.2) is 18.1 Å². The van der Waals surface area contributed by atoms with Crippen LogP contribution in [-0.2, 0) is 19.4 Å². The molecule has 0 atom stereocenters. The Labute approximate surface area is 203 Å². The van der Waals surface area contributed by atoms with Crippen molar-refractivity contribution in [3.8, 4) is 29.2 Å². The second kappa shape index (κ2) is 11.3. The van der Waals surface area contributed by atoms with Gasteiger partial charge < -0.3 is 19.3 Å². The van der Waals surface area contributed by atoms with E-state index in [4.69, 9.17) is 14.2 Å². The summed E-state index contributed by atoms with van der Waals surface area (Å²) in [5, 5.41) is 20.5. The molecule has 3 rings (SSSR count). The van der Waals surface area contributed by atoms with E-state index in [1.165, 1.54) is 21.1 Å². The summed E-state index contributed by atoms with van der Waals surface area (Å²) in [4.78, 5) is 25.9. The Bertz CT molecular complexity index is 1320. The van der Waals surface area contributed by atoms with Crippen LogP contribution < -0.4 is 19.8 Å². The minimum atomic E-state index is -0.657. The fourth-order valence-corrected chi connectivity index (χ4v) is 3.81. The molecule has 1 heterocycles. The summed E-state index contributed by atoms with van der Waals surface area (Å²) in [7, 11) is 3.06. The van der Waals surface area contributed by atoms with Gasteiger partial charge >= 0.3 is 0 Å². The first kappa shape index (κ1) is 25.4. The molecule has 0 aliphatic carbocycles. The Kier molecular flexibility index (Phi) is 8.16. The number of nitrogens with zero attached hydrogens (tertiary/aromatic N) is 2. The Morgan fingerprint density at radius 2 is 1.71 bits per heavy atom. The van der Waals surface area contributed by atoms with E-state index in [1.54, 1.807) is 24.3 Å². The highest BCUT2D eigenvalue weighted by atomic mass is 16.5. The molecule has 8 nitrogen and oxygen atoms in total. The van der Waals surface area contributed by atoms with Crippen molar-refractivity contribution < 1.29 is 24.1 Å². The van der Waals surface area contributed by atoms with E-state index in [1.807, 2.05) is 31.2 Å². The third-order valence-corrected chi connectivity index (χ3v) is 5.85. The minimum Gasteiger partial charge on any atom is -0.494 e. The predicted octanol–water partition coefficient (Wildman–Crippen LogP) is 3.82. The summed E-state index contributed by atoms with van der Waals surface area (Å²) < 4.78 is 17.2. The number of aromatic nitrogens is 1. The van der Waals surface area contributed by atoms with Gasteiger partial charge in [-0.15, -0.1) is 0 Å². The molecular weight excluding hydrogens is 448 g/mol. The van der Waals surface area contributed by atoms with Gasteiger partial charge in [-0.2, -0.15) is 5.26 Å². The van der Waals surface area contributed by atoms with E-state index >= 15 is 0 Å². The van der Waals surface area contributed by atoms with Crippen LogP contribution >= 0.6 is 0 Å². The molecule has 0 aliphatic rings. The Morgan fingerprint density at radius 3 is 2.31 bits per heavy atom. The number of rotatable bonds is 10. The molecule has 0 unspecified atom stereocenters. The molecule has 3 aromatic rings. The number of Topliss-reactive ketones (excluding diaryl/α,β-unsaturated/α-hetero) is 1. The van der Waals surface area contributed by atoms with Crippen molar-refractivity contribution in [1.82, 2.24) is 4.57 Å². The van der Waals surface area contributed by atoms with Gasteiger partial charge in [-0.1, -0.05) is 25.1 Å². The molecule has 2 aromatic carbocycles. The lowest BCUT2D eigenvalue weighted by Gasteiger charge is -2.16. The van der Waals surface area contributed by atoms with Gasteiger partial charge in [0.2, 0.25) is 11.7 Å². The average molecular weight is 477 g/mol. The number of carbonyl (C=O) groups excluding carboxylic acids is 1. The molecule has 0 aliphatic heterocycles. The van der Waals surface area contributed by atoms with E-state index in [2.05, 4.69) is 0 Å². The largest absolute Gasteiger partial charge is 0.494 e. The summed E-state index contributed by atoms with van der Waals surface area (Å²) in [5.74, 6) is 0.589. The van der Waals surface area contributed by atoms with E-state index in [0.717, 1.165) is 22.1 Å². The van der Waals surface area contributed by atoms with Crippen LogP contribution in [0, 0.1) is 18.3 Å². The molecule has 1 N–H and O–H groups in total. The highest BCUT2D eigenvalue weighted by Crippen LogP contribution is 2.28. The second-order valence-corrected chi connectivity index (χ2v) is 7.92. The molecule has 0 bridgehead atoms. The molecule has 0 saturated heterocycles. The number of methoxy groups -OCH3 is 2. The smallest absolute Gasteiger partial charge is 0.271 e. The molecule has 35 heavy (non-hydrogen) atoms. The van der Waals surface area contributed by atoms with E-state index in [9.17, 15) is 20.0 Å². The topological polar surface area (TPSA) is 111 Å². The molecule has 0 radical (unpaired) electrons. The van der Waals surface area contributed by atoms with Crippen LogP contribution in [0.15, 0.2) is 47.3 Å². The summed E-state index contributed by atoms with van der Waals surface area (Å²) in [5.41, 5.74) is 1.14. The number of benzene rings is 2. The van der Waals surface area contributed by atoms with Crippen molar-refractivity contribution in [2.75, 3.05) is 20.8 Å². The third kappa shape index (κ3) is 5.46. The molecule has 0 spiro atoms. The summed E-state index contributed by atoms with van der Waals surface area (Å²) >= 11 is 0. The first-order valence-corrected chi connectivity index (χ1v) is 11.2. The Hall–Kier alpha value is -4.25. The van der Waals surface area contributed by atoms with E-state index in [0.29, 0.717) is 23.7 Å². The summed E-state index contributed by atoms with van der Waals surface area (Å²) in [6.07, 6.45) is 1.23. The number of pyridine rings is 1. The standard InChI is InChI=1S/C27H28N2O6/c1-5-18-6-9-20(10-7-18)35-16-22(30)25-17(2)21(15-28)26(31)29(27(25)32)13-12-19-8-11-23(33-3)24(14-19)34-4/h6-11,14,32H,5,12-13,16H2,1-4H3. The average Bonchev–Trinajstić information content (AvgIpc) is 2.87. The number of aromatic hydroxyl groups is 1. The highest BCUT2D eigenvalue weighted by molar-refractivity contribution is 6.01. The first-order valence-electron chi connectivity index (χ1n) is 11.2. The van der Waals surface area contributed by atoms with Crippen LogP contribution in [0.4, 0.5) is 0 Å². The van der Waals surface area contributed by atoms with Crippen molar-refractivity contribution in [2.45, 2.75) is 33.2 Å². The maximum Gasteiger partial charge on any atom is 0.271 e. The van der Waals surface area contributed by atoms with Crippen molar-refractivity contribution in [3.63, 3.8) is 0 Å². The lowest BCUT2D eigenvalue weighted by Crippen LogP contribution is -2.28. The minimum absolute atomic E-state index is 0.0503. The Morgan fingerprint density at radius 1 is 1.06 bits per heavy atom. The van der Waals surface area contributed by atoms with Crippen molar-refractivity contribution in [3.05, 3.63) is 80.6 Å². The first-order chi connectivity index (χ1) is 16.8. The van der Waals surface area contributed by atoms with Crippen LogP contribution in [-0.4, -0.2) is 36.3 Å². The quantitative estimate of drug-likeness (QED) is 0.443. The van der Waals surface area contributed by atoms with Crippen LogP contribution in [0.3, 0.4) is 0 Å². The second-order valence-electron chi connectivity index (χ2n) is 7.92. The number of carbonyl (C=O) groups is 1. The van der Waals surface area contributed by atoms with Gasteiger partial charge in [-0.05, 0) is 60.7 Å². The highest BCUT2D eigenvalue weighted by Gasteiger charge is 2.24. The fraction of sp³-hybridized carbons (Fsp3) is 0.296. The molecule has 0 amide bonds. The fourth-order valence-electron chi connectivity index (χ4n) is 3.81. The lowest BCUT2D eigenvalue weighted by molar-refractivity contribution is 0.0916. The lowest BCUT2D eigenvalue weighted by atomic mass is 10.0. The number of aryl methyl sites for hydroxylation is 2. The zero-order valence-electron chi connectivity index (χ0n) is 20.3. The van der Waals surface area contributed by atoms with Gasteiger partial charge in [0, 0.05) is 6.54 Å². The zero-order chi connectivity index (χ0) is 25.5. The molecular formula is C27H28N2O6. The molecule has 1 aromatic heterocycles. The summed E-state index contributed by atoms with van der Waals surface area (Å²) in [6.45, 7) is 3.22. The normalized spacial score (nSPS) is 10.5. The van der Waals surface area contributed by atoms with Crippen LogP contribution in [0.25, 0.3) is 0 Å². The van der Waals surface area contributed by atoms with E-state index < -0.39 is 17.2 Å². The van der Waals surface area contributed by atoms with Crippen LogP contribution in [0.5, 0.6) is 23.1 Å². The maximum absolute atomic E-state index is 13.0. The molecule has 182 valence electrons. The summed E-state index contributed by atoms with van der Waals surface area (Å²) in [6, 6.07) is 14.5. The number of nitriles is 1. The number of hydrogen-bond acceptors (Lipinski definition) is 7. The van der Waals surface area contributed by atoms with Crippen LogP contribution in [0.2, 0.25) is 0 Å². The van der Waals surface area contributed by atoms with Gasteiger partial charge in [0.25, 0.3) is 5.56 Å². The molecule has 0 saturated carbocycles. The third-order valence-electron chi connectivity index (χ3n) is 5.85. The SMILES string of the molecule is CCc1ccc(OCC(=O)c2c(C)c(C#N)c(=O)n(CCc3ccc(OC)c(OC)c3)c2O)cc1. The van der Waals surface area contributed by atoms with Crippen LogP contribution in [0.1, 0.15) is 39.5 Å².